The minimum absolute atomic E-state index is 0.00368. The van der Waals surface area contributed by atoms with E-state index in [0.29, 0.717) is 11.4 Å². The molecule has 0 aliphatic heterocycles. The molecule has 5 rings (SSSR count). The Labute approximate surface area is 207 Å². The number of carbonyl (C=O) groups is 1. The van der Waals surface area contributed by atoms with Gasteiger partial charge in [-0.25, -0.2) is 0 Å². The third-order valence-corrected chi connectivity index (χ3v) is 6.66. The summed E-state index contributed by atoms with van der Waals surface area (Å²) in [5.74, 6) is -1.50. The first kappa shape index (κ1) is 22.7. The van der Waals surface area contributed by atoms with Crippen molar-refractivity contribution >= 4 is 28.6 Å². The summed E-state index contributed by atoms with van der Waals surface area (Å²) in [6.07, 6.45) is 2.03. The van der Waals surface area contributed by atoms with E-state index in [1.807, 2.05) is 72.8 Å². The van der Waals surface area contributed by atoms with Crippen LogP contribution < -0.4 is 0 Å². The Kier molecular flexibility index (Phi) is 6.05. The Morgan fingerprint density at radius 1 is 0.971 bits per heavy atom. The maximum absolute atomic E-state index is 13.5. The number of nitro groups is 1. The zero-order valence-electron chi connectivity index (χ0n) is 18.9. The molecule has 2 atom stereocenters. The van der Waals surface area contributed by atoms with Crippen molar-refractivity contribution in [3.8, 4) is 11.1 Å². The van der Waals surface area contributed by atoms with Crippen molar-refractivity contribution in [3.05, 3.63) is 123 Å². The van der Waals surface area contributed by atoms with Gasteiger partial charge in [0.2, 0.25) is 5.76 Å². The van der Waals surface area contributed by atoms with Crippen LogP contribution in [0.4, 0.5) is 5.69 Å². The quantitative estimate of drug-likeness (QED) is 0.222. The van der Waals surface area contributed by atoms with Gasteiger partial charge in [-0.15, -0.1) is 0 Å². The van der Waals surface area contributed by atoms with E-state index in [9.17, 15) is 14.9 Å². The highest BCUT2D eigenvalue weighted by Gasteiger charge is 2.42. The van der Waals surface area contributed by atoms with Crippen LogP contribution in [0.25, 0.3) is 16.7 Å². The fraction of sp³-hybridized carbons (Fsp3) is 0.143. The van der Waals surface area contributed by atoms with Crippen LogP contribution in [-0.4, -0.2) is 15.9 Å². The Balaban J connectivity index is 1.60. The number of nitrogens with zero attached hydrogens (tertiary/aromatic N) is 2. The smallest absolute Gasteiger partial charge is 0.335 e. The molecule has 1 aliphatic rings. The molecule has 0 saturated carbocycles. The van der Waals surface area contributed by atoms with E-state index in [1.54, 1.807) is 12.1 Å². The summed E-state index contributed by atoms with van der Waals surface area (Å²) in [7, 11) is 0. The number of rotatable bonds is 5. The lowest BCUT2D eigenvalue weighted by Crippen LogP contribution is -2.24. The predicted octanol–water partition coefficient (Wildman–Crippen LogP) is 7.14. The number of halogens is 1. The molecule has 0 spiro atoms. The SMILES string of the molecule is Cc1noc([C@@H]2C(=O)C=C(c3cccc(Cl)c3)C[C@H]2c2ccc(-c3ccccc3)cc2)c1[N+](=O)[O-]. The van der Waals surface area contributed by atoms with Crippen molar-refractivity contribution in [1.29, 1.82) is 0 Å². The maximum atomic E-state index is 13.5. The number of ketones is 1. The van der Waals surface area contributed by atoms with Gasteiger partial charge in [0.15, 0.2) is 11.5 Å². The fourth-order valence-corrected chi connectivity index (χ4v) is 4.94. The second-order valence-corrected chi connectivity index (χ2v) is 9.03. The average molecular weight is 485 g/mol. The van der Waals surface area contributed by atoms with Gasteiger partial charge in [0.05, 0.1) is 10.8 Å². The van der Waals surface area contributed by atoms with Gasteiger partial charge in [-0.2, -0.15) is 0 Å². The summed E-state index contributed by atoms with van der Waals surface area (Å²) < 4.78 is 5.41. The molecule has 1 aliphatic carbocycles. The second-order valence-electron chi connectivity index (χ2n) is 8.60. The standard InChI is InChI=1S/C28H21ClN2O4/c1-17-27(31(33)34)28(35-30-17)26-24(15-22(16-25(26)32)21-8-5-9-23(29)14-21)20-12-10-19(11-13-20)18-6-3-2-4-7-18/h2-14,16,24,26H,15H2,1H3/t24-,26-/m0/s1. The summed E-state index contributed by atoms with van der Waals surface area (Å²) in [5, 5.41) is 16.2. The molecular formula is C28H21ClN2O4. The molecule has 0 amide bonds. The molecule has 1 heterocycles. The summed E-state index contributed by atoms with van der Waals surface area (Å²) in [6, 6.07) is 25.3. The largest absolute Gasteiger partial charge is 0.353 e. The van der Waals surface area contributed by atoms with Gasteiger partial charge in [0.1, 0.15) is 0 Å². The minimum atomic E-state index is -0.859. The zero-order valence-corrected chi connectivity index (χ0v) is 19.6. The van der Waals surface area contributed by atoms with E-state index >= 15 is 0 Å². The molecule has 1 aromatic heterocycles. The van der Waals surface area contributed by atoms with Gasteiger partial charge in [-0.05, 0) is 59.4 Å². The summed E-state index contributed by atoms with van der Waals surface area (Å²) >= 11 is 6.20. The number of aromatic nitrogens is 1. The van der Waals surface area contributed by atoms with Gasteiger partial charge >= 0.3 is 5.69 Å². The van der Waals surface area contributed by atoms with E-state index in [-0.39, 0.29) is 28.8 Å². The summed E-state index contributed by atoms with van der Waals surface area (Å²) in [4.78, 5) is 24.8. The predicted molar refractivity (Wildman–Crippen MR) is 134 cm³/mol. The topological polar surface area (TPSA) is 86.2 Å². The Morgan fingerprint density at radius 3 is 2.34 bits per heavy atom. The highest BCUT2D eigenvalue weighted by Crippen LogP contribution is 2.47. The minimum Gasteiger partial charge on any atom is -0.353 e. The van der Waals surface area contributed by atoms with Crippen LogP contribution in [0.3, 0.4) is 0 Å². The van der Waals surface area contributed by atoms with Crippen LogP contribution in [0.15, 0.2) is 89.5 Å². The number of carbonyl (C=O) groups excluding carboxylic acids is 1. The van der Waals surface area contributed by atoms with Crippen molar-refractivity contribution in [2.75, 3.05) is 0 Å². The van der Waals surface area contributed by atoms with Crippen molar-refractivity contribution in [2.45, 2.75) is 25.2 Å². The fourth-order valence-electron chi connectivity index (χ4n) is 4.75. The maximum Gasteiger partial charge on any atom is 0.335 e. The van der Waals surface area contributed by atoms with E-state index in [0.717, 1.165) is 27.8 Å². The highest BCUT2D eigenvalue weighted by molar-refractivity contribution is 6.30. The number of allylic oxidation sites excluding steroid dienone is 2. The molecule has 35 heavy (non-hydrogen) atoms. The number of hydrogen-bond donors (Lipinski definition) is 0. The first-order valence-corrected chi connectivity index (χ1v) is 11.6. The Morgan fingerprint density at radius 2 is 1.66 bits per heavy atom. The first-order chi connectivity index (χ1) is 16.9. The van der Waals surface area contributed by atoms with Crippen molar-refractivity contribution in [3.63, 3.8) is 0 Å². The lowest BCUT2D eigenvalue weighted by molar-refractivity contribution is -0.386. The summed E-state index contributed by atoms with van der Waals surface area (Å²) in [6.45, 7) is 1.51. The van der Waals surface area contributed by atoms with Crippen LogP contribution in [-0.2, 0) is 4.79 Å². The van der Waals surface area contributed by atoms with Gasteiger partial charge in [0.25, 0.3) is 0 Å². The van der Waals surface area contributed by atoms with Crippen LogP contribution in [0.1, 0.15) is 40.8 Å². The first-order valence-electron chi connectivity index (χ1n) is 11.2. The lowest BCUT2D eigenvalue weighted by Gasteiger charge is -2.29. The van der Waals surface area contributed by atoms with E-state index < -0.39 is 10.8 Å². The molecule has 174 valence electrons. The highest BCUT2D eigenvalue weighted by atomic mass is 35.5. The monoisotopic (exact) mass is 484 g/mol. The number of hydrogen-bond acceptors (Lipinski definition) is 5. The molecule has 0 saturated heterocycles. The van der Waals surface area contributed by atoms with Gasteiger partial charge < -0.3 is 4.52 Å². The molecule has 4 aromatic rings. The van der Waals surface area contributed by atoms with Crippen molar-refractivity contribution in [1.82, 2.24) is 5.16 Å². The number of benzene rings is 3. The van der Waals surface area contributed by atoms with Crippen molar-refractivity contribution < 1.29 is 14.2 Å². The van der Waals surface area contributed by atoms with E-state index in [4.69, 9.17) is 16.1 Å². The zero-order chi connectivity index (χ0) is 24.5. The van der Waals surface area contributed by atoms with Crippen LogP contribution in [0.2, 0.25) is 5.02 Å². The lowest BCUT2D eigenvalue weighted by atomic mass is 9.72. The third kappa shape index (κ3) is 4.40. The molecule has 3 aromatic carbocycles. The van der Waals surface area contributed by atoms with Crippen LogP contribution >= 0.6 is 11.6 Å². The van der Waals surface area contributed by atoms with Crippen molar-refractivity contribution in [2.24, 2.45) is 0 Å². The molecule has 0 fully saturated rings. The molecule has 0 N–H and O–H groups in total. The van der Waals surface area contributed by atoms with Gasteiger partial charge in [-0.3, -0.25) is 14.9 Å². The molecule has 6 nitrogen and oxygen atoms in total. The van der Waals surface area contributed by atoms with Gasteiger partial charge in [0, 0.05) is 10.9 Å². The van der Waals surface area contributed by atoms with Crippen LogP contribution in [0.5, 0.6) is 0 Å². The van der Waals surface area contributed by atoms with E-state index in [2.05, 4.69) is 5.16 Å². The van der Waals surface area contributed by atoms with Crippen LogP contribution in [0, 0.1) is 17.0 Å². The second kappa shape index (κ2) is 9.31. The molecular weight excluding hydrogens is 464 g/mol. The average Bonchev–Trinajstić information content (AvgIpc) is 3.25. The third-order valence-electron chi connectivity index (χ3n) is 6.43. The normalized spacial score (nSPS) is 17.8. The Bertz CT molecular complexity index is 1440. The summed E-state index contributed by atoms with van der Waals surface area (Å²) in [5.41, 5.74) is 4.59. The molecule has 0 radical (unpaired) electrons. The molecule has 0 bridgehead atoms. The van der Waals surface area contributed by atoms with E-state index in [1.165, 1.54) is 6.92 Å². The number of aryl methyl sites for hydroxylation is 1. The van der Waals surface area contributed by atoms with Gasteiger partial charge in [-0.1, -0.05) is 83.5 Å². The molecule has 7 heteroatoms. The Hall–Kier alpha value is -4.03. The molecule has 0 unspecified atom stereocenters.